The number of hydrogen-bond donors (Lipinski definition) is 2. The van der Waals surface area contributed by atoms with Gasteiger partial charge in [0, 0.05) is 20.9 Å². The van der Waals surface area contributed by atoms with Crippen molar-refractivity contribution in [1.29, 1.82) is 0 Å². The van der Waals surface area contributed by atoms with Crippen molar-refractivity contribution in [2.24, 2.45) is 0 Å². The first kappa shape index (κ1) is 19.7. The first-order valence-electron chi connectivity index (χ1n) is 8.48. The highest BCUT2D eigenvalue weighted by molar-refractivity contribution is 5.84. The predicted molar refractivity (Wildman–Crippen MR) is 94.9 cm³/mol. The number of anilines is 2. The molecule has 152 valence electrons. The van der Waals surface area contributed by atoms with Crippen LogP contribution >= 0.6 is 0 Å². The molecule has 12 heteroatoms. The number of halogens is 1. The summed E-state index contributed by atoms with van der Waals surface area (Å²) in [6.45, 7) is 3.32. The first-order valence-corrected chi connectivity index (χ1v) is 8.48. The van der Waals surface area contributed by atoms with E-state index in [0.29, 0.717) is 11.3 Å². The minimum atomic E-state index is -2.18. The maximum atomic E-state index is 15.8. The lowest BCUT2D eigenvalue weighted by Crippen LogP contribution is -2.44. The number of hydrogen-bond acceptors (Lipinski definition) is 10. The summed E-state index contributed by atoms with van der Waals surface area (Å²) in [4.78, 5) is 35.0. The Hall–Kier alpha value is -3.02. The zero-order valence-electron chi connectivity index (χ0n) is 15.8. The van der Waals surface area contributed by atoms with Crippen molar-refractivity contribution in [3.63, 3.8) is 0 Å². The van der Waals surface area contributed by atoms with Gasteiger partial charge in [-0.05, 0) is 6.92 Å². The zero-order valence-corrected chi connectivity index (χ0v) is 15.8. The molecule has 4 atom stereocenters. The van der Waals surface area contributed by atoms with E-state index in [9.17, 15) is 9.59 Å². The summed E-state index contributed by atoms with van der Waals surface area (Å²) in [5, 5.41) is 2.84. The molecule has 1 aliphatic heterocycles. The Bertz CT molecular complexity index is 916. The van der Waals surface area contributed by atoms with E-state index in [4.69, 9.17) is 19.9 Å². The highest BCUT2D eigenvalue weighted by atomic mass is 19.1. The van der Waals surface area contributed by atoms with Crippen LogP contribution in [0.15, 0.2) is 6.33 Å². The molecule has 3 N–H and O–H groups in total. The molecule has 2 aromatic rings. The standard InChI is InChI=1S/C16H21FN6O5/c1-7(24)26-5-9-11(27-8(2)25)16(3,17)14(28-9)23-6-20-10-12(19-4)21-15(18)22-13(10)23/h6,9,11,14H,5H2,1-4H3,(H3,18,19,21,22)/t9-,11-,14-,16-/m1/s1. The van der Waals surface area contributed by atoms with Gasteiger partial charge in [0.1, 0.15) is 12.7 Å². The molecule has 0 bridgehead atoms. The van der Waals surface area contributed by atoms with Crippen molar-refractivity contribution in [1.82, 2.24) is 19.5 Å². The van der Waals surface area contributed by atoms with Gasteiger partial charge in [-0.25, -0.2) is 9.37 Å². The summed E-state index contributed by atoms with van der Waals surface area (Å²) >= 11 is 0. The summed E-state index contributed by atoms with van der Waals surface area (Å²) in [6.07, 6.45) is -2.26. The van der Waals surface area contributed by atoms with Crippen molar-refractivity contribution in [3.8, 4) is 0 Å². The number of nitrogens with zero attached hydrogens (tertiary/aromatic N) is 4. The summed E-state index contributed by atoms with van der Waals surface area (Å²) in [5.74, 6) is -0.926. The lowest BCUT2D eigenvalue weighted by atomic mass is 9.98. The summed E-state index contributed by atoms with van der Waals surface area (Å²) in [5.41, 5.74) is 4.16. The Kier molecular flexibility index (Phi) is 5.06. The molecule has 0 unspecified atom stereocenters. The molecule has 3 heterocycles. The van der Waals surface area contributed by atoms with Gasteiger partial charge in [0.05, 0.1) is 6.33 Å². The average molecular weight is 396 g/mol. The molecule has 28 heavy (non-hydrogen) atoms. The summed E-state index contributed by atoms with van der Waals surface area (Å²) in [7, 11) is 1.64. The largest absolute Gasteiger partial charge is 0.463 e. The van der Waals surface area contributed by atoms with Gasteiger partial charge in [-0.3, -0.25) is 14.2 Å². The van der Waals surface area contributed by atoms with Crippen molar-refractivity contribution >= 4 is 34.9 Å². The molecule has 1 fully saturated rings. The maximum Gasteiger partial charge on any atom is 0.303 e. The number of nitrogens with one attached hydrogen (secondary N) is 1. The topological polar surface area (TPSA) is 143 Å². The summed E-state index contributed by atoms with van der Waals surface area (Å²) in [6, 6.07) is 0. The SMILES string of the molecule is CNc1nc(N)nc2c1ncn2[C@@H]1O[C@H](COC(C)=O)[C@@H](OC(C)=O)[C@@]1(C)F. The maximum absolute atomic E-state index is 15.8. The van der Waals surface area contributed by atoms with Crippen LogP contribution in [-0.4, -0.2) is 63.0 Å². The van der Waals surface area contributed by atoms with E-state index >= 15 is 4.39 Å². The van der Waals surface area contributed by atoms with Gasteiger partial charge >= 0.3 is 11.9 Å². The normalized spacial score (nSPS) is 27.0. The third-order valence-electron chi connectivity index (χ3n) is 4.35. The number of esters is 2. The molecule has 1 aliphatic rings. The van der Waals surface area contributed by atoms with Crippen LogP contribution < -0.4 is 11.1 Å². The highest BCUT2D eigenvalue weighted by Gasteiger charge is 2.58. The van der Waals surface area contributed by atoms with Crippen LogP contribution in [0.1, 0.15) is 27.0 Å². The smallest absolute Gasteiger partial charge is 0.303 e. The van der Waals surface area contributed by atoms with Gasteiger partial charge in [0.15, 0.2) is 35.0 Å². The molecule has 3 rings (SSSR count). The Balaban J connectivity index is 2.03. The third kappa shape index (κ3) is 3.42. The predicted octanol–water partition coefficient (Wildman–Crippen LogP) is 0.571. The number of nitrogen functional groups attached to an aromatic ring is 1. The highest BCUT2D eigenvalue weighted by Crippen LogP contribution is 2.44. The average Bonchev–Trinajstić information content (AvgIpc) is 3.11. The third-order valence-corrected chi connectivity index (χ3v) is 4.35. The van der Waals surface area contributed by atoms with Gasteiger partial charge in [-0.15, -0.1) is 0 Å². The Morgan fingerprint density at radius 3 is 2.71 bits per heavy atom. The van der Waals surface area contributed by atoms with Crippen molar-refractivity contribution in [3.05, 3.63) is 6.33 Å². The molecule has 0 amide bonds. The van der Waals surface area contributed by atoms with Crippen LogP contribution in [0, 0.1) is 0 Å². The van der Waals surface area contributed by atoms with E-state index in [0.717, 1.165) is 6.92 Å². The number of ether oxygens (including phenoxy) is 3. The number of carbonyl (C=O) groups excluding carboxylic acids is 2. The van der Waals surface area contributed by atoms with Crippen molar-refractivity contribution in [2.75, 3.05) is 24.7 Å². The van der Waals surface area contributed by atoms with Crippen LogP contribution in [0.5, 0.6) is 0 Å². The van der Waals surface area contributed by atoms with E-state index in [-0.39, 0.29) is 18.2 Å². The molecule has 0 aromatic carbocycles. The number of imidazole rings is 1. The number of fused-ring (bicyclic) bond motifs is 1. The van der Waals surface area contributed by atoms with E-state index < -0.39 is 36.0 Å². The van der Waals surface area contributed by atoms with Gasteiger partial charge in [-0.2, -0.15) is 9.97 Å². The molecule has 0 saturated carbocycles. The monoisotopic (exact) mass is 396 g/mol. The second-order valence-electron chi connectivity index (χ2n) is 6.52. The second kappa shape index (κ2) is 7.19. The van der Waals surface area contributed by atoms with Gasteiger partial charge < -0.3 is 25.3 Å². The molecule has 1 saturated heterocycles. The molecule has 11 nitrogen and oxygen atoms in total. The fourth-order valence-electron chi connectivity index (χ4n) is 3.19. The minimum Gasteiger partial charge on any atom is -0.463 e. The Labute approximate surface area is 159 Å². The van der Waals surface area contributed by atoms with Crippen molar-refractivity contribution < 1.29 is 28.2 Å². The fourth-order valence-corrected chi connectivity index (χ4v) is 3.19. The molecular formula is C16H21FN6O5. The molecule has 0 aliphatic carbocycles. The number of rotatable bonds is 5. The fraction of sp³-hybridized carbons (Fsp3) is 0.562. The molecular weight excluding hydrogens is 375 g/mol. The number of aromatic nitrogens is 4. The Morgan fingerprint density at radius 1 is 1.39 bits per heavy atom. The van der Waals surface area contributed by atoms with E-state index in [2.05, 4.69) is 20.3 Å². The first-order chi connectivity index (χ1) is 13.1. The lowest BCUT2D eigenvalue weighted by Gasteiger charge is -2.27. The number of alkyl halides is 1. The van der Waals surface area contributed by atoms with Gasteiger partial charge in [-0.1, -0.05) is 0 Å². The quantitative estimate of drug-likeness (QED) is 0.688. The lowest BCUT2D eigenvalue weighted by molar-refractivity contribution is -0.158. The Morgan fingerprint density at radius 2 is 2.11 bits per heavy atom. The van der Waals surface area contributed by atoms with Crippen LogP contribution in [-0.2, 0) is 23.8 Å². The number of nitrogens with two attached hydrogens (primary N) is 1. The van der Waals surface area contributed by atoms with Crippen LogP contribution in [0.25, 0.3) is 11.2 Å². The zero-order chi connectivity index (χ0) is 20.6. The number of carbonyl (C=O) groups is 2. The summed E-state index contributed by atoms with van der Waals surface area (Å²) < 4.78 is 33.0. The van der Waals surface area contributed by atoms with Crippen LogP contribution in [0.2, 0.25) is 0 Å². The van der Waals surface area contributed by atoms with Crippen molar-refractivity contribution in [2.45, 2.75) is 44.9 Å². The molecule has 0 spiro atoms. The molecule has 2 aromatic heterocycles. The van der Waals surface area contributed by atoms with Gasteiger partial charge in [0.25, 0.3) is 0 Å². The van der Waals surface area contributed by atoms with E-state index in [1.54, 1.807) is 7.05 Å². The van der Waals surface area contributed by atoms with E-state index in [1.165, 1.54) is 24.7 Å². The molecule has 0 radical (unpaired) electrons. The van der Waals surface area contributed by atoms with E-state index in [1.807, 2.05) is 0 Å². The second-order valence-corrected chi connectivity index (χ2v) is 6.52. The minimum absolute atomic E-state index is 0.0369. The van der Waals surface area contributed by atoms with Crippen LogP contribution in [0.3, 0.4) is 0 Å². The van der Waals surface area contributed by atoms with Gasteiger partial charge in [0.2, 0.25) is 5.95 Å². The van der Waals surface area contributed by atoms with Crippen LogP contribution in [0.4, 0.5) is 16.2 Å².